The molecule has 1 fully saturated rings. The predicted molar refractivity (Wildman–Crippen MR) is 53.3 cm³/mol. The Morgan fingerprint density at radius 3 is 2.65 bits per heavy atom. The van der Waals surface area contributed by atoms with Crippen molar-refractivity contribution >= 4 is 0 Å². The summed E-state index contributed by atoms with van der Waals surface area (Å²) in [6.45, 7) is 1.25. The van der Waals surface area contributed by atoms with Gasteiger partial charge in [0.1, 0.15) is 6.10 Å². The molecule has 1 aliphatic rings. The van der Waals surface area contributed by atoms with Crippen LogP contribution in [0.5, 0.6) is 5.75 Å². The number of benzene rings is 1. The lowest BCUT2D eigenvalue weighted by Crippen LogP contribution is -2.20. The molecule has 0 bridgehead atoms. The van der Waals surface area contributed by atoms with Crippen LogP contribution < -0.4 is 10.1 Å². The van der Waals surface area contributed by atoms with Crippen molar-refractivity contribution in [3.63, 3.8) is 0 Å². The normalized spacial score (nSPS) is 20.6. The fraction of sp³-hybridized carbons (Fsp3) is 0.455. The predicted octanol–water partition coefficient (Wildman–Crippen LogP) is 2.59. The second-order valence-corrected chi connectivity index (χ2v) is 3.85. The topological polar surface area (TPSA) is 21.3 Å². The number of hydrogen-bond donors (Lipinski definition) is 1. The molecule has 0 radical (unpaired) electrons. The Kier molecular flexibility index (Phi) is 3.24. The Hall–Kier alpha value is -1.30. The van der Waals surface area contributed by atoms with Gasteiger partial charge in [-0.25, -0.2) is 4.39 Å². The van der Waals surface area contributed by atoms with Crippen LogP contribution in [0.3, 0.4) is 0 Å². The van der Waals surface area contributed by atoms with Gasteiger partial charge in [-0.1, -0.05) is 6.07 Å². The van der Waals surface area contributed by atoms with E-state index >= 15 is 0 Å². The molecule has 94 valence electrons. The van der Waals surface area contributed by atoms with Gasteiger partial charge in [0, 0.05) is 6.54 Å². The highest BCUT2D eigenvalue weighted by atomic mass is 19.4. The monoisotopic (exact) mass is 249 g/mol. The SMILES string of the molecule is Fc1c(OC2CCNC2)cccc1C(F)(F)F. The fourth-order valence-electron chi connectivity index (χ4n) is 1.73. The van der Waals surface area contributed by atoms with Crippen molar-refractivity contribution in [2.45, 2.75) is 18.7 Å². The second-order valence-electron chi connectivity index (χ2n) is 3.85. The summed E-state index contributed by atoms with van der Waals surface area (Å²) in [5.74, 6) is -1.68. The molecule has 0 amide bonds. The van der Waals surface area contributed by atoms with Gasteiger partial charge in [-0.05, 0) is 25.1 Å². The van der Waals surface area contributed by atoms with Crippen LogP contribution in [0.15, 0.2) is 18.2 Å². The number of nitrogens with one attached hydrogen (secondary N) is 1. The van der Waals surface area contributed by atoms with E-state index in [1.54, 1.807) is 0 Å². The van der Waals surface area contributed by atoms with Gasteiger partial charge < -0.3 is 10.1 Å². The third-order valence-corrected chi connectivity index (χ3v) is 2.58. The molecule has 0 aromatic heterocycles. The Morgan fingerprint density at radius 1 is 1.29 bits per heavy atom. The Morgan fingerprint density at radius 2 is 2.06 bits per heavy atom. The van der Waals surface area contributed by atoms with Gasteiger partial charge in [-0.3, -0.25) is 0 Å². The van der Waals surface area contributed by atoms with Gasteiger partial charge in [0.05, 0.1) is 5.56 Å². The summed E-state index contributed by atoms with van der Waals surface area (Å²) in [6.07, 6.45) is -4.31. The lowest BCUT2D eigenvalue weighted by atomic mass is 10.2. The van der Waals surface area contributed by atoms with Crippen molar-refractivity contribution in [2.24, 2.45) is 0 Å². The third-order valence-electron chi connectivity index (χ3n) is 2.58. The maximum atomic E-state index is 13.6. The first-order chi connectivity index (χ1) is 7.98. The van der Waals surface area contributed by atoms with Crippen LogP contribution in [0.2, 0.25) is 0 Å². The highest BCUT2D eigenvalue weighted by Gasteiger charge is 2.35. The van der Waals surface area contributed by atoms with Gasteiger partial charge in [0.15, 0.2) is 11.6 Å². The summed E-state index contributed by atoms with van der Waals surface area (Å²) < 4.78 is 56.1. The minimum absolute atomic E-state index is 0.270. The molecule has 6 heteroatoms. The van der Waals surface area contributed by atoms with E-state index in [4.69, 9.17) is 4.74 Å². The zero-order chi connectivity index (χ0) is 12.5. The molecule has 1 aliphatic heterocycles. The zero-order valence-electron chi connectivity index (χ0n) is 8.85. The molecule has 1 heterocycles. The number of halogens is 4. The highest BCUT2D eigenvalue weighted by Crippen LogP contribution is 2.35. The number of ether oxygens (including phenoxy) is 1. The first-order valence-corrected chi connectivity index (χ1v) is 5.21. The van der Waals surface area contributed by atoms with Crippen molar-refractivity contribution in [1.82, 2.24) is 5.32 Å². The van der Waals surface area contributed by atoms with E-state index in [1.807, 2.05) is 0 Å². The van der Waals surface area contributed by atoms with Crippen LogP contribution >= 0.6 is 0 Å². The first kappa shape index (κ1) is 12.2. The first-order valence-electron chi connectivity index (χ1n) is 5.21. The number of rotatable bonds is 2. The second kappa shape index (κ2) is 4.52. The van der Waals surface area contributed by atoms with Gasteiger partial charge in [0.2, 0.25) is 0 Å². The quantitative estimate of drug-likeness (QED) is 0.813. The van der Waals surface area contributed by atoms with Crippen LogP contribution in [-0.4, -0.2) is 19.2 Å². The van der Waals surface area contributed by atoms with Crippen LogP contribution in [0.4, 0.5) is 17.6 Å². The molecule has 17 heavy (non-hydrogen) atoms. The lowest BCUT2D eigenvalue weighted by molar-refractivity contribution is -0.140. The van der Waals surface area contributed by atoms with Crippen molar-refractivity contribution in [3.05, 3.63) is 29.6 Å². The molecule has 0 aliphatic carbocycles. The standard InChI is InChI=1S/C11H11F4NO/c12-10-8(11(13,14)15)2-1-3-9(10)17-7-4-5-16-6-7/h1-3,7,16H,4-6H2. The van der Waals surface area contributed by atoms with Gasteiger partial charge in [-0.15, -0.1) is 0 Å². The summed E-state index contributed by atoms with van der Waals surface area (Å²) in [6, 6.07) is 3.06. The molecular formula is C11H11F4NO. The van der Waals surface area contributed by atoms with Gasteiger partial charge in [-0.2, -0.15) is 13.2 Å². The Bertz CT molecular complexity index is 399. The van der Waals surface area contributed by atoms with Gasteiger partial charge >= 0.3 is 6.18 Å². The van der Waals surface area contributed by atoms with Gasteiger partial charge in [0.25, 0.3) is 0 Å². The highest BCUT2D eigenvalue weighted by molar-refractivity contribution is 5.33. The van der Waals surface area contributed by atoms with Crippen molar-refractivity contribution in [2.75, 3.05) is 13.1 Å². The molecule has 1 unspecified atom stereocenters. The van der Waals surface area contributed by atoms with E-state index in [0.29, 0.717) is 19.0 Å². The third kappa shape index (κ3) is 2.69. The molecule has 1 saturated heterocycles. The van der Waals surface area contributed by atoms with E-state index in [1.165, 1.54) is 6.07 Å². The van der Waals surface area contributed by atoms with E-state index in [2.05, 4.69) is 5.32 Å². The average Bonchev–Trinajstić information content (AvgIpc) is 2.72. The molecule has 2 rings (SSSR count). The molecule has 2 nitrogen and oxygen atoms in total. The van der Waals surface area contributed by atoms with Crippen molar-refractivity contribution < 1.29 is 22.3 Å². The average molecular weight is 249 g/mol. The summed E-state index contributed by atoms with van der Waals surface area (Å²) in [5, 5.41) is 2.99. The number of hydrogen-bond acceptors (Lipinski definition) is 2. The summed E-state index contributed by atoms with van der Waals surface area (Å²) in [5.41, 5.74) is -1.29. The van der Waals surface area contributed by atoms with Crippen LogP contribution in [0.25, 0.3) is 0 Å². The Labute approximate surface area is 95.6 Å². The fourth-order valence-corrected chi connectivity index (χ4v) is 1.73. The molecule has 0 spiro atoms. The summed E-state index contributed by atoms with van der Waals surface area (Å²) >= 11 is 0. The molecule has 1 aromatic carbocycles. The van der Waals surface area contributed by atoms with E-state index in [0.717, 1.165) is 12.6 Å². The van der Waals surface area contributed by atoms with Crippen LogP contribution in [0.1, 0.15) is 12.0 Å². The molecule has 1 aromatic rings. The molecule has 1 atom stereocenters. The smallest absolute Gasteiger partial charge is 0.419 e. The zero-order valence-corrected chi connectivity index (χ0v) is 8.85. The minimum atomic E-state index is -4.70. The summed E-state index contributed by atoms with van der Waals surface area (Å²) in [4.78, 5) is 0. The maximum absolute atomic E-state index is 13.6. The summed E-state index contributed by atoms with van der Waals surface area (Å²) in [7, 11) is 0. The van der Waals surface area contributed by atoms with Crippen molar-refractivity contribution in [1.29, 1.82) is 0 Å². The number of alkyl halides is 3. The van der Waals surface area contributed by atoms with E-state index < -0.39 is 17.6 Å². The minimum Gasteiger partial charge on any atom is -0.486 e. The maximum Gasteiger partial charge on any atom is 0.419 e. The molecule has 0 saturated carbocycles. The molecule has 1 N–H and O–H groups in total. The lowest BCUT2D eigenvalue weighted by Gasteiger charge is -2.15. The van der Waals surface area contributed by atoms with E-state index in [9.17, 15) is 17.6 Å². The van der Waals surface area contributed by atoms with Crippen LogP contribution in [0, 0.1) is 5.82 Å². The molecular weight excluding hydrogens is 238 g/mol. The largest absolute Gasteiger partial charge is 0.486 e. The van der Waals surface area contributed by atoms with Crippen LogP contribution in [-0.2, 0) is 6.18 Å². The van der Waals surface area contributed by atoms with E-state index in [-0.39, 0.29) is 11.9 Å². The Balaban J connectivity index is 2.22. The van der Waals surface area contributed by atoms with Crippen molar-refractivity contribution in [3.8, 4) is 5.75 Å².